The number of fused-ring (bicyclic) bond motifs is 1. The Morgan fingerprint density at radius 2 is 1.83 bits per heavy atom. The molecule has 10 heteroatoms. The lowest BCUT2D eigenvalue weighted by Crippen LogP contribution is -2.37. The van der Waals surface area contributed by atoms with Crippen molar-refractivity contribution in [1.82, 2.24) is 0 Å². The third kappa shape index (κ3) is 3.68. The predicted octanol–water partition coefficient (Wildman–Crippen LogP) is 6.00. The first kappa shape index (κ1) is 21.8. The second-order valence-corrected chi connectivity index (χ2v) is 9.38. The molecule has 0 bridgehead atoms. The fourth-order valence-electron chi connectivity index (χ4n) is 3.36. The molecule has 0 aliphatic carbocycles. The first-order valence-corrected chi connectivity index (χ1v) is 10.7. The monoisotopic (exact) mass is 495 g/mol. The van der Waals surface area contributed by atoms with Crippen molar-refractivity contribution in [2.24, 2.45) is 0 Å². The highest BCUT2D eigenvalue weighted by Crippen LogP contribution is 2.40. The molecule has 1 heterocycles. The van der Waals surface area contributed by atoms with Gasteiger partial charge >= 0.3 is 5.51 Å². The van der Waals surface area contributed by atoms with E-state index in [1.165, 1.54) is 25.1 Å². The van der Waals surface area contributed by atoms with Crippen LogP contribution in [0.15, 0.2) is 45.8 Å². The lowest BCUT2D eigenvalue weighted by atomic mass is 9.97. The summed E-state index contributed by atoms with van der Waals surface area (Å²) in [5.41, 5.74) is -4.83. The summed E-state index contributed by atoms with van der Waals surface area (Å²) < 4.78 is 91.5. The second kappa shape index (κ2) is 7.39. The van der Waals surface area contributed by atoms with Crippen LogP contribution in [-0.4, -0.2) is 20.0 Å². The van der Waals surface area contributed by atoms with Gasteiger partial charge in [-0.15, -0.1) is 0 Å². The van der Waals surface area contributed by atoms with E-state index in [0.29, 0.717) is 17.3 Å². The average molecular weight is 496 g/mol. The van der Waals surface area contributed by atoms with E-state index in [-0.39, 0.29) is 16.1 Å². The van der Waals surface area contributed by atoms with Crippen molar-refractivity contribution in [3.63, 3.8) is 0 Å². The topological polar surface area (TPSA) is 37.4 Å². The summed E-state index contributed by atoms with van der Waals surface area (Å²) in [6, 6.07) is 4.41. The van der Waals surface area contributed by atoms with E-state index in [0.717, 1.165) is 6.07 Å². The molecule has 156 valence electrons. The van der Waals surface area contributed by atoms with Crippen molar-refractivity contribution < 1.29 is 30.4 Å². The maximum absolute atomic E-state index is 14.9. The lowest BCUT2D eigenvalue weighted by molar-refractivity contribution is -0.0437. The molecular formula is C19H15BrF5NO2S. The highest BCUT2D eigenvalue weighted by Gasteiger charge is 2.48. The number of halogens is 6. The highest BCUT2D eigenvalue weighted by atomic mass is 79.9. The zero-order chi connectivity index (χ0) is 21.7. The van der Waals surface area contributed by atoms with Gasteiger partial charge in [0.1, 0.15) is 16.5 Å². The molecule has 0 amide bonds. The van der Waals surface area contributed by atoms with Gasteiger partial charge in [0.15, 0.2) is 0 Å². The van der Waals surface area contributed by atoms with E-state index in [1.807, 2.05) is 0 Å². The minimum absolute atomic E-state index is 0.229. The molecule has 2 aromatic rings. The van der Waals surface area contributed by atoms with E-state index in [2.05, 4.69) is 15.9 Å². The lowest BCUT2D eigenvalue weighted by Gasteiger charge is -2.39. The zero-order valence-electron chi connectivity index (χ0n) is 15.1. The van der Waals surface area contributed by atoms with Gasteiger partial charge in [-0.05, 0) is 53.5 Å². The van der Waals surface area contributed by atoms with Crippen molar-refractivity contribution in [2.45, 2.75) is 36.3 Å². The van der Waals surface area contributed by atoms with Gasteiger partial charge in [0.05, 0.1) is 10.5 Å². The number of benzene rings is 2. The van der Waals surface area contributed by atoms with E-state index in [4.69, 9.17) is 0 Å². The largest absolute Gasteiger partial charge is 0.502 e. The van der Waals surface area contributed by atoms with Gasteiger partial charge < -0.3 is 4.90 Å². The molecule has 1 aliphatic heterocycles. The molecule has 0 saturated carbocycles. The van der Waals surface area contributed by atoms with Crippen LogP contribution in [0.25, 0.3) is 6.08 Å². The van der Waals surface area contributed by atoms with Crippen LogP contribution in [0.3, 0.4) is 0 Å². The molecule has 3 nitrogen and oxygen atoms in total. The van der Waals surface area contributed by atoms with Gasteiger partial charge in [-0.1, -0.05) is 24.3 Å². The Labute approximate surface area is 172 Å². The van der Waals surface area contributed by atoms with Crippen LogP contribution in [0.1, 0.15) is 31.0 Å². The Morgan fingerprint density at radius 3 is 2.45 bits per heavy atom. The quantitative estimate of drug-likeness (QED) is 0.489. The smallest absolute Gasteiger partial charge is 0.358 e. The Kier molecular flexibility index (Phi) is 5.55. The average Bonchev–Trinajstić information content (AvgIpc) is 2.61. The van der Waals surface area contributed by atoms with E-state index in [9.17, 15) is 30.4 Å². The molecule has 0 radical (unpaired) electrons. The molecule has 29 heavy (non-hydrogen) atoms. The molecular weight excluding hydrogens is 481 g/mol. The number of nitrogens with zero attached hydrogens (tertiary/aromatic N) is 1. The first-order chi connectivity index (χ1) is 13.4. The Bertz CT molecular complexity index is 1100. The van der Waals surface area contributed by atoms with E-state index >= 15 is 0 Å². The maximum atomic E-state index is 14.9. The number of hydrogen-bond donors (Lipinski definition) is 0. The standard InChI is InChI=1S/C19H15BrF5NO2S/c1-10-6-7-12-8-14(20)15(21)9-16(12)26(10)11(2)13-4-3-5-17(18(13)22)29(27,28)19(23,24)25/h3-11H,1-2H3/t10-,11?/m1/s1. The molecule has 0 aromatic heterocycles. The van der Waals surface area contributed by atoms with E-state index < -0.39 is 37.9 Å². The molecule has 0 fully saturated rings. The molecule has 1 unspecified atom stereocenters. The van der Waals surface area contributed by atoms with Crippen molar-refractivity contribution in [3.8, 4) is 0 Å². The van der Waals surface area contributed by atoms with Gasteiger partial charge in [0.25, 0.3) is 9.84 Å². The maximum Gasteiger partial charge on any atom is 0.502 e. The summed E-state index contributed by atoms with van der Waals surface area (Å²) in [7, 11) is -5.85. The molecule has 1 aliphatic rings. The number of anilines is 1. The molecule has 0 saturated heterocycles. The number of alkyl halides is 3. The normalized spacial score (nSPS) is 17.9. The van der Waals surface area contributed by atoms with Gasteiger partial charge in [-0.25, -0.2) is 17.2 Å². The molecule has 3 rings (SSSR count). The molecule has 0 N–H and O–H groups in total. The van der Waals surface area contributed by atoms with Crippen LogP contribution >= 0.6 is 15.9 Å². The van der Waals surface area contributed by atoms with Crippen LogP contribution in [-0.2, 0) is 9.84 Å². The third-order valence-electron chi connectivity index (χ3n) is 4.80. The Balaban J connectivity index is 2.13. The SMILES string of the molecule is CC(c1cccc(S(=O)(=O)C(F)(F)F)c1F)N1c2cc(F)c(Br)cc2C=C[C@H]1C. The zero-order valence-corrected chi connectivity index (χ0v) is 17.5. The van der Waals surface area contributed by atoms with Crippen molar-refractivity contribution >= 4 is 37.5 Å². The van der Waals surface area contributed by atoms with Gasteiger partial charge in [-0.2, -0.15) is 13.2 Å². The van der Waals surface area contributed by atoms with Gasteiger partial charge in [0, 0.05) is 17.3 Å². The van der Waals surface area contributed by atoms with Crippen LogP contribution in [0, 0.1) is 11.6 Å². The van der Waals surface area contributed by atoms with Crippen LogP contribution < -0.4 is 4.90 Å². The summed E-state index contributed by atoms with van der Waals surface area (Å²) in [6.07, 6.45) is 3.53. The number of hydrogen-bond acceptors (Lipinski definition) is 3. The third-order valence-corrected chi connectivity index (χ3v) is 6.91. The molecule has 2 atom stereocenters. The summed E-state index contributed by atoms with van der Waals surface area (Å²) in [4.78, 5) is 0.185. The van der Waals surface area contributed by atoms with E-state index in [1.54, 1.807) is 24.0 Å². The number of sulfone groups is 1. The van der Waals surface area contributed by atoms with Crippen molar-refractivity contribution in [2.75, 3.05) is 4.90 Å². The summed E-state index contributed by atoms with van der Waals surface area (Å²) in [6.45, 7) is 3.27. The van der Waals surface area contributed by atoms with Crippen LogP contribution in [0.4, 0.5) is 27.6 Å². The fourth-order valence-corrected chi connectivity index (χ4v) is 4.58. The molecule has 0 spiro atoms. The Morgan fingerprint density at radius 1 is 1.17 bits per heavy atom. The fraction of sp³-hybridized carbons (Fsp3) is 0.263. The minimum atomic E-state index is -5.85. The number of rotatable bonds is 3. The van der Waals surface area contributed by atoms with Crippen LogP contribution in [0.2, 0.25) is 0 Å². The van der Waals surface area contributed by atoms with Gasteiger partial charge in [0.2, 0.25) is 0 Å². The van der Waals surface area contributed by atoms with Gasteiger partial charge in [-0.3, -0.25) is 0 Å². The van der Waals surface area contributed by atoms with Crippen LogP contribution in [0.5, 0.6) is 0 Å². The van der Waals surface area contributed by atoms with Crippen molar-refractivity contribution in [1.29, 1.82) is 0 Å². The highest BCUT2D eigenvalue weighted by molar-refractivity contribution is 9.10. The second-order valence-electron chi connectivity index (χ2n) is 6.62. The molecule has 2 aromatic carbocycles. The first-order valence-electron chi connectivity index (χ1n) is 8.41. The minimum Gasteiger partial charge on any atom is -0.358 e. The van der Waals surface area contributed by atoms with Crippen molar-refractivity contribution in [3.05, 3.63) is 63.6 Å². The Hall–Kier alpha value is -1.94. The summed E-state index contributed by atoms with van der Waals surface area (Å²) in [5, 5.41) is 0. The summed E-state index contributed by atoms with van der Waals surface area (Å²) >= 11 is 3.09. The predicted molar refractivity (Wildman–Crippen MR) is 103 cm³/mol. The summed E-state index contributed by atoms with van der Waals surface area (Å²) in [5.74, 6) is -2.03.